The Kier molecular flexibility index (Phi) is 13.1. The van der Waals surface area contributed by atoms with Gasteiger partial charge < -0.3 is 24.8 Å². The number of methoxy groups -OCH3 is 2. The molecule has 2 unspecified atom stereocenters. The molecule has 2 nitrogen and oxygen atoms in total. The van der Waals surface area contributed by atoms with E-state index < -0.39 is 31.3 Å². The second kappa shape index (κ2) is 16.4. The zero-order valence-corrected chi connectivity index (χ0v) is 41.2. The normalized spacial score (nSPS) is 18.0. The molecule has 296 valence electrons. The number of ether oxygens (including phenoxy) is 2. The summed E-state index contributed by atoms with van der Waals surface area (Å²) in [7, 11) is 1.34. The van der Waals surface area contributed by atoms with E-state index in [-0.39, 0.29) is 35.6 Å². The van der Waals surface area contributed by atoms with E-state index in [0.29, 0.717) is 19.1 Å². The number of halogens is 2. The summed E-state index contributed by atoms with van der Waals surface area (Å²) in [5, 5.41) is 3.41. The van der Waals surface area contributed by atoms with Gasteiger partial charge in [0, 0.05) is 0 Å². The summed E-state index contributed by atoms with van der Waals surface area (Å²) in [6.45, 7) is 29.4. The summed E-state index contributed by atoms with van der Waals surface area (Å²) < 4.78 is 14.2. The van der Waals surface area contributed by atoms with Crippen molar-refractivity contribution < 1.29 is 57.5 Å². The van der Waals surface area contributed by atoms with Gasteiger partial charge in [0.1, 0.15) is 0 Å². The Balaban J connectivity index is 0.00000300. The molecule has 0 radical (unpaired) electrons. The molecule has 2 atom stereocenters. The molecular formula is C50H62Cl2O2SiZr. The van der Waals surface area contributed by atoms with Crippen LogP contribution in [0, 0.1) is 11.8 Å². The maximum absolute atomic E-state index is 6.60. The van der Waals surface area contributed by atoms with Crippen molar-refractivity contribution >= 4 is 18.5 Å². The summed E-state index contributed by atoms with van der Waals surface area (Å²) in [6, 6.07) is 27.7. The molecule has 2 aliphatic carbocycles. The van der Waals surface area contributed by atoms with Crippen molar-refractivity contribution in [3.8, 4) is 33.8 Å². The average Bonchev–Trinajstić information content (AvgIpc) is 3.58. The van der Waals surface area contributed by atoms with Crippen LogP contribution < -0.4 is 34.3 Å². The monoisotopic (exact) mass is 882 g/mol. The number of hydrogen-bond acceptors (Lipinski definition) is 2. The van der Waals surface area contributed by atoms with E-state index >= 15 is 0 Å². The van der Waals surface area contributed by atoms with Crippen molar-refractivity contribution in [2.75, 3.05) is 14.2 Å². The fourth-order valence-corrected chi connectivity index (χ4v) is 20.0. The number of hydrogen-bond donors (Lipinski definition) is 0. The summed E-state index contributed by atoms with van der Waals surface area (Å²) in [5.74, 6) is 3.28. The first kappa shape index (κ1) is 44.7. The number of allylic oxidation sites excluding steroid dienone is 2. The number of fused-ring (bicyclic) bond motifs is 8. The zero-order chi connectivity index (χ0) is 39.1. The summed E-state index contributed by atoms with van der Waals surface area (Å²) in [5.41, 5.74) is 17.6. The van der Waals surface area contributed by atoms with Gasteiger partial charge in [0.25, 0.3) is 0 Å². The minimum absolute atomic E-state index is 0. The molecule has 7 rings (SSSR count). The van der Waals surface area contributed by atoms with Gasteiger partial charge >= 0.3 is 342 Å². The molecular weight excluding hydrogens is 823 g/mol. The minimum Gasteiger partial charge on any atom is -1.00 e. The van der Waals surface area contributed by atoms with E-state index in [0.717, 1.165) is 24.3 Å². The topological polar surface area (TPSA) is 18.5 Å². The Bertz CT molecular complexity index is 2020. The van der Waals surface area contributed by atoms with Gasteiger partial charge in [0.15, 0.2) is 0 Å². The molecule has 0 N–H and O–H groups in total. The van der Waals surface area contributed by atoms with Crippen LogP contribution in [0.3, 0.4) is 0 Å². The first-order chi connectivity index (χ1) is 25.4. The quantitative estimate of drug-likeness (QED) is 0.168. The molecule has 0 amide bonds. The van der Waals surface area contributed by atoms with Crippen molar-refractivity contribution in [3.05, 3.63) is 117 Å². The van der Waals surface area contributed by atoms with E-state index in [2.05, 4.69) is 155 Å². The van der Waals surface area contributed by atoms with Gasteiger partial charge in [-0.25, -0.2) is 0 Å². The van der Waals surface area contributed by atoms with Crippen LogP contribution >= 0.6 is 0 Å². The third-order valence-electron chi connectivity index (χ3n) is 12.1. The molecule has 0 aromatic heterocycles. The molecule has 0 spiro atoms. The molecule has 3 aliphatic rings. The molecule has 0 saturated carbocycles. The molecule has 1 aliphatic heterocycles. The Hall–Kier alpha value is -2.36. The van der Waals surface area contributed by atoms with Crippen LogP contribution in [0.1, 0.15) is 123 Å². The average molecular weight is 885 g/mol. The van der Waals surface area contributed by atoms with E-state index in [1.807, 2.05) is 14.2 Å². The number of benzene rings is 4. The van der Waals surface area contributed by atoms with Crippen LogP contribution in [0.15, 0.2) is 83.9 Å². The standard InChI is InChI=1S/C50H62O2Si.2ClH.Zr/c1-31(2)25-37-27-35-29-39(49(5,6)7)45(51-11)41(33-21-17-15-18-22-33)43(35)47(37)53(13,14)48-38(26-32(3)4)28-36-30-40(50(8,9)10)46(52-12)42(44(36)48)34-23-19-16-20-24-34;;;/h15-24,27-32H,25-26H2,1-14H3;2*1H;/q;;;+2/p-2. The molecule has 56 heavy (non-hydrogen) atoms. The predicted molar refractivity (Wildman–Crippen MR) is 230 cm³/mol. The molecule has 4 aromatic carbocycles. The smallest absolute Gasteiger partial charge is 1.00 e. The molecule has 1 heterocycles. The second-order valence-electron chi connectivity index (χ2n) is 19.5. The van der Waals surface area contributed by atoms with E-state index in [1.54, 1.807) is 32.7 Å². The van der Waals surface area contributed by atoms with E-state index in [9.17, 15) is 0 Å². The molecule has 4 bridgehead atoms. The second-order valence-corrected chi connectivity index (χ2v) is 27.4. The van der Waals surface area contributed by atoms with Gasteiger partial charge in [0.05, 0.1) is 0 Å². The van der Waals surface area contributed by atoms with Gasteiger partial charge in [-0.2, -0.15) is 0 Å². The maximum atomic E-state index is 6.60. The first-order valence-electron chi connectivity index (χ1n) is 20.3. The van der Waals surface area contributed by atoms with E-state index in [1.165, 1.54) is 44.5 Å². The van der Waals surface area contributed by atoms with Crippen molar-refractivity contribution in [2.45, 2.75) is 113 Å². The van der Waals surface area contributed by atoms with Crippen LogP contribution in [0.25, 0.3) is 32.6 Å². The Morgan fingerprint density at radius 1 is 0.571 bits per heavy atom. The van der Waals surface area contributed by atoms with Crippen LogP contribution in [0.4, 0.5) is 0 Å². The third-order valence-corrected chi connectivity index (χ3v) is 20.6. The van der Waals surface area contributed by atoms with Crippen molar-refractivity contribution in [3.63, 3.8) is 0 Å². The van der Waals surface area contributed by atoms with Crippen LogP contribution in [0.5, 0.6) is 11.5 Å². The van der Waals surface area contributed by atoms with E-state index in [4.69, 9.17) is 9.47 Å². The molecule has 0 fully saturated rings. The maximum Gasteiger partial charge on any atom is -1.00 e. The van der Waals surface area contributed by atoms with Gasteiger partial charge in [0.2, 0.25) is 0 Å². The van der Waals surface area contributed by atoms with Crippen molar-refractivity contribution in [2.24, 2.45) is 11.8 Å². The van der Waals surface area contributed by atoms with Crippen LogP contribution in [0.2, 0.25) is 13.1 Å². The first-order valence-corrected chi connectivity index (χ1v) is 26.1. The molecule has 4 aromatic rings. The van der Waals surface area contributed by atoms with Crippen molar-refractivity contribution in [1.82, 2.24) is 0 Å². The number of rotatable bonds is 8. The fourth-order valence-electron chi connectivity index (χ4n) is 10.1. The summed E-state index contributed by atoms with van der Waals surface area (Å²) in [4.78, 5) is 0. The zero-order valence-electron chi connectivity index (χ0n) is 36.2. The Morgan fingerprint density at radius 2 is 0.911 bits per heavy atom. The van der Waals surface area contributed by atoms with Crippen LogP contribution in [-0.2, 0) is 34.1 Å². The summed E-state index contributed by atoms with van der Waals surface area (Å²) in [6.07, 6.45) is 2.32. The summed E-state index contributed by atoms with van der Waals surface area (Å²) >= 11 is -1.23. The van der Waals surface area contributed by atoms with Gasteiger partial charge in [-0.15, -0.1) is 0 Å². The predicted octanol–water partition coefficient (Wildman–Crippen LogP) is 7.93. The fraction of sp³-hybridized carbons (Fsp3) is 0.440. The molecule has 0 saturated heterocycles. The van der Waals surface area contributed by atoms with Gasteiger partial charge in [-0.3, -0.25) is 0 Å². The third kappa shape index (κ3) is 7.41. The largest absolute Gasteiger partial charge is 1.00 e. The minimum atomic E-state index is -2.46. The molecule has 6 heteroatoms. The SMILES string of the molecule is COc1c(C(C)(C)C)cc2c(c1-c1ccccc1)C1=C(CC(C)C)[CH]2[Zr+2][CH]2C(CC(C)C)=C(c3c2cc(C(C)(C)C)c(OC)c3-c2ccccc2)[Si]1(C)C.[Cl-].[Cl-]. The Labute approximate surface area is 363 Å². The van der Waals surface area contributed by atoms with Crippen molar-refractivity contribution in [1.29, 1.82) is 0 Å². The van der Waals surface area contributed by atoms with Gasteiger partial charge in [-0.05, 0) is 0 Å². The van der Waals surface area contributed by atoms with Crippen LogP contribution in [-0.4, -0.2) is 22.3 Å². The van der Waals surface area contributed by atoms with Gasteiger partial charge in [-0.1, -0.05) is 0 Å². The Morgan fingerprint density at radius 3 is 1.20 bits per heavy atom.